The van der Waals surface area contributed by atoms with Crippen molar-refractivity contribution in [2.45, 2.75) is 19.3 Å². The highest BCUT2D eigenvalue weighted by Gasteiger charge is 2.22. The molecule has 6 nitrogen and oxygen atoms in total. The lowest BCUT2D eigenvalue weighted by Gasteiger charge is -2.18. The minimum atomic E-state index is -1.59. The molecule has 0 aliphatic heterocycles. The molecule has 0 bridgehead atoms. The first kappa shape index (κ1) is 17.7. The maximum absolute atomic E-state index is 13.0. The van der Waals surface area contributed by atoms with Crippen LogP contribution in [0.5, 0.6) is 0 Å². The fourth-order valence-electron chi connectivity index (χ4n) is 3.44. The first-order valence-electron chi connectivity index (χ1n) is 8.93. The lowest BCUT2D eigenvalue weighted by Crippen LogP contribution is -2.22. The third kappa shape index (κ3) is 3.32. The standard InChI is InChI=1S/C22H17NO5/c24-19-16-8-4-7-14(11-13-5-2-1-3-6-13)20(16)28-18-10-9-15(12-17(18)19)23-21(25)22(26)27/h1-3,5-6,9-12H,4,7-8H2,(H,23,25)(H,26,27). The highest BCUT2D eigenvalue weighted by atomic mass is 16.4. The van der Waals surface area contributed by atoms with Crippen molar-refractivity contribution in [1.82, 2.24) is 0 Å². The van der Waals surface area contributed by atoms with E-state index >= 15 is 0 Å². The van der Waals surface area contributed by atoms with Crippen LogP contribution in [0, 0.1) is 0 Å². The van der Waals surface area contributed by atoms with Gasteiger partial charge in [0.15, 0.2) is 5.43 Å². The fraction of sp³-hybridized carbons (Fsp3) is 0.136. The maximum atomic E-state index is 13.0. The number of fused-ring (bicyclic) bond motifs is 2. The maximum Gasteiger partial charge on any atom is 0.394 e. The number of hydrogen-bond acceptors (Lipinski definition) is 4. The molecule has 3 aromatic rings. The van der Waals surface area contributed by atoms with Crippen LogP contribution in [0.25, 0.3) is 22.6 Å². The number of nitrogens with one attached hydrogen (secondary N) is 1. The number of rotatable bonds is 2. The van der Waals surface area contributed by atoms with Gasteiger partial charge >= 0.3 is 11.9 Å². The van der Waals surface area contributed by atoms with E-state index in [-0.39, 0.29) is 11.1 Å². The summed E-state index contributed by atoms with van der Waals surface area (Å²) in [7, 11) is 0. The molecular formula is C22H17NO5. The number of hydrogen-bond donors (Lipinski definition) is 2. The van der Waals surface area contributed by atoms with Crippen molar-refractivity contribution in [2.75, 3.05) is 5.32 Å². The first-order valence-corrected chi connectivity index (χ1v) is 8.93. The van der Waals surface area contributed by atoms with Gasteiger partial charge in [0.2, 0.25) is 0 Å². The third-order valence-electron chi connectivity index (χ3n) is 4.74. The monoisotopic (exact) mass is 375 g/mol. The number of allylic oxidation sites excluding steroid dienone is 1. The minimum Gasteiger partial charge on any atom is -0.474 e. The second-order valence-corrected chi connectivity index (χ2v) is 6.64. The second kappa shape index (κ2) is 7.15. The van der Waals surface area contributed by atoms with Gasteiger partial charge in [-0.25, -0.2) is 4.79 Å². The van der Waals surface area contributed by atoms with Crippen LogP contribution in [0.2, 0.25) is 0 Å². The normalized spacial score (nSPS) is 14.6. The number of carbonyl (C=O) groups excluding carboxylic acids is 1. The Bertz CT molecular complexity index is 1170. The van der Waals surface area contributed by atoms with Crippen molar-refractivity contribution in [2.24, 2.45) is 0 Å². The Balaban J connectivity index is 1.81. The molecule has 6 heteroatoms. The average Bonchev–Trinajstić information content (AvgIpc) is 2.70. The van der Waals surface area contributed by atoms with Crippen molar-refractivity contribution < 1.29 is 19.1 Å². The highest BCUT2D eigenvalue weighted by Crippen LogP contribution is 2.33. The molecule has 1 aliphatic carbocycles. The van der Waals surface area contributed by atoms with Crippen LogP contribution in [0.1, 0.15) is 29.7 Å². The molecule has 0 saturated carbocycles. The Morgan fingerprint density at radius 3 is 2.61 bits per heavy atom. The van der Waals surface area contributed by atoms with Crippen LogP contribution in [-0.4, -0.2) is 17.0 Å². The Morgan fingerprint density at radius 2 is 1.86 bits per heavy atom. The summed E-state index contributed by atoms with van der Waals surface area (Å²) in [5.74, 6) is -2.14. The van der Waals surface area contributed by atoms with E-state index < -0.39 is 11.9 Å². The molecule has 0 fully saturated rings. The molecule has 2 N–H and O–H groups in total. The SMILES string of the molecule is O=C(O)C(=O)Nc1ccc2oc3c(c(=O)c2c1)CCCC3=Cc1ccccc1. The van der Waals surface area contributed by atoms with E-state index in [9.17, 15) is 14.4 Å². The summed E-state index contributed by atoms with van der Waals surface area (Å²) in [4.78, 5) is 35.1. The summed E-state index contributed by atoms with van der Waals surface area (Å²) < 4.78 is 6.06. The number of carboxylic acids is 1. The Labute approximate surface area is 160 Å². The summed E-state index contributed by atoms with van der Waals surface area (Å²) in [6.07, 6.45) is 4.32. The zero-order valence-corrected chi connectivity index (χ0v) is 14.9. The van der Waals surface area contributed by atoms with Gasteiger partial charge in [-0.15, -0.1) is 0 Å². The van der Waals surface area contributed by atoms with E-state index in [1.54, 1.807) is 6.07 Å². The zero-order valence-electron chi connectivity index (χ0n) is 14.9. The molecule has 0 saturated heterocycles. The van der Waals surface area contributed by atoms with Crippen LogP contribution < -0.4 is 10.7 Å². The molecular weight excluding hydrogens is 358 g/mol. The Kier molecular flexibility index (Phi) is 4.53. The third-order valence-corrected chi connectivity index (χ3v) is 4.74. The Hall–Kier alpha value is -3.67. The summed E-state index contributed by atoms with van der Waals surface area (Å²) in [5.41, 5.74) is 3.12. The average molecular weight is 375 g/mol. The molecule has 0 atom stereocenters. The number of aliphatic carboxylic acids is 1. The Morgan fingerprint density at radius 1 is 1.07 bits per heavy atom. The summed E-state index contributed by atoms with van der Waals surface area (Å²) >= 11 is 0. The molecule has 0 spiro atoms. The van der Waals surface area contributed by atoms with Gasteiger partial charge in [0.1, 0.15) is 11.3 Å². The van der Waals surface area contributed by atoms with Crippen molar-refractivity contribution in [3.05, 3.63) is 75.6 Å². The van der Waals surface area contributed by atoms with Gasteiger partial charge in [0.05, 0.1) is 5.39 Å². The van der Waals surface area contributed by atoms with Gasteiger partial charge < -0.3 is 14.8 Å². The van der Waals surface area contributed by atoms with E-state index in [0.29, 0.717) is 28.7 Å². The zero-order chi connectivity index (χ0) is 19.7. The number of carboxylic acid groups (broad SMARTS) is 1. The van der Waals surface area contributed by atoms with Crippen LogP contribution in [0.15, 0.2) is 57.7 Å². The summed E-state index contributed by atoms with van der Waals surface area (Å²) in [6.45, 7) is 0. The van der Waals surface area contributed by atoms with Crippen molar-refractivity contribution >= 4 is 40.2 Å². The number of carbonyl (C=O) groups is 2. The van der Waals surface area contributed by atoms with E-state index in [0.717, 1.165) is 24.0 Å². The van der Waals surface area contributed by atoms with Gasteiger partial charge in [-0.05, 0) is 54.7 Å². The van der Waals surface area contributed by atoms with Crippen LogP contribution in [-0.2, 0) is 16.0 Å². The van der Waals surface area contributed by atoms with Gasteiger partial charge in [0, 0.05) is 11.3 Å². The smallest absolute Gasteiger partial charge is 0.394 e. The van der Waals surface area contributed by atoms with Crippen LogP contribution in [0.3, 0.4) is 0 Å². The molecule has 1 amide bonds. The van der Waals surface area contributed by atoms with Crippen molar-refractivity contribution in [3.63, 3.8) is 0 Å². The molecule has 0 unspecified atom stereocenters. The molecule has 28 heavy (non-hydrogen) atoms. The molecule has 4 rings (SSSR count). The molecule has 1 aromatic heterocycles. The minimum absolute atomic E-state index is 0.152. The number of anilines is 1. The van der Waals surface area contributed by atoms with Crippen LogP contribution >= 0.6 is 0 Å². The quantitative estimate of drug-likeness (QED) is 0.666. The fourth-order valence-corrected chi connectivity index (χ4v) is 3.44. The topological polar surface area (TPSA) is 96.6 Å². The van der Waals surface area contributed by atoms with Gasteiger partial charge in [-0.3, -0.25) is 9.59 Å². The van der Waals surface area contributed by atoms with E-state index in [1.165, 1.54) is 12.1 Å². The number of benzene rings is 2. The van der Waals surface area contributed by atoms with Crippen LogP contribution in [0.4, 0.5) is 5.69 Å². The van der Waals surface area contributed by atoms with Gasteiger partial charge in [0.25, 0.3) is 0 Å². The summed E-state index contributed by atoms with van der Waals surface area (Å²) in [6, 6.07) is 14.4. The molecule has 140 valence electrons. The molecule has 1 aliphatic rings. The van der Waals surface area contributed by atoms with Crippen molar-refractivity contribution in [3.8, 4) is 0 Å². The summed E-state index contributed by atoms with van der Waals surface area (Å²) in [5, 5.41) is 11.3. The first-order chi connectivity index (χ1) is 13.5. The molecule has 1 heterocycles. The predicted molar refractivity (Wildman–Crippen MR) is 106 cm³/mol. The number of amides is 1. The molecule has 2 aromatic carbocycles. The largest absolute Gasteiger partial charge is 0.474 e. The van der Waals surface area contributed by atoms with E-state index in [1.807, 2.05) is 36.4 Å². The van der Waals surface area contributed by atoms with Gasteiger partial charge in [-0.1, -0.05) is 30.3 Å². The van der Waals surface area contributed by atoms with E-state index in [4.69, 9.17) is 9.52 Å². The van der Waals surface area contributed by atoms with Crippen molar-refractivity contribution in [1.29, 1.82) is 0 Å². The molecule has 0 radical (unpaired) electrons. The highest BCUT2D eigenvalue weighted by molar-refractivity contribution is 6.36. The van der Waals surface area contributed by atoms with E-state index in [2.05, 4.69) is 5.32 Å². The predicted octanol–water partition coefficient (Wildman–Crippen LogP) is 3.69. The second-order valence-electron chi connectivity index (χ2n) is 6.64. The lowest BCUT2D eigenvalue weighted by atomic mass is 9.90. The van der Waals surface area contributed by atoms with Gasteiger partial charge in [-0.2, -0.15) is 0 Å². The lowest BCUT2D eigenvalue weighted by molar-refractivity contribution is -0.147.